The second-order valence-corrected chi connectivity index (χ2v) is 5.26. The van der Waals surface area contributed by atoms with Crippen molar-refractivity contribution in [3.63, 3.8) is 0 Å². The summed E-state index contributed by atoms with van der Waals surface area (Å²) >= 11 is 1.57. The Hall–Kier alpha value is -0.870. The van der Waals surface area contributed by atoms with Crippen LogP contribution in [0.1, 0.15) is 21.0 Å². The third-order valence-electron chi connectivity index (χ3n) is 2.85. The summed E-state index contributed by atoms with van der Waals surface area (Å²) in [5, 5.41) is 3.27. The van der Waals surface area contributed by atoms with Crippen LogP contribution in [-0.4, -0.2) is 37.0 Å². The normalized spacial score (nSPS) is 20.5. The lowest BCUT2D eigenvalue weighted by molar-refractivity contribution is 0.0748. The zero-order chi connectivity index (χ0) is 10.8. The van der Waals surface area contributed by atoms with E-state index >= 15 is 0 Å². The molecular weight excluding hydrogens is 208 g/mol. The van der Waals surface area contributed by atoms with Gasteiger partial charge in [-0.15, -0.1) is 11.3 Å². The predicted octanol–water partition coefficient (Wildman–Crippen LogP) is 1.49. The van der Waals surface area contributed by atoms with E-state index in [1.165, 1.54) is 4.88 Å². The SMILES string of the molecule is Cc1ccc(C(=O)N(C)C2CCNC2)s1. The van der Waals surface area contributed by atoms with Gasteiger partial charge in [-0.3, -0.25) is 4.79 Å². The van der Waals surface area contributed by atoms with Crippen molar-refractivity contribution in [3.05, 3.63) is 21.9 Å². The van der Waals surface area contributed by atoms with Gasteiger partial charge in [-0.1, -0.05) is 0 Å². The molecule has 1 aromatic heterocycles. The molecular formula is C11H16N2OS. The van der Waals surface area contributed by atoms with Crippen molar-refractivity contribution in [2.24, 2.45) is 0 Å². The van der Waals surface area contributed by atoms with E-state index in [9.17, 15) is 4.79 Å². The summed E-state index contributed by atoms with van der Waals surface area (Å²) in [5.74, 6) is 0.154. The van der Waals surface area contributed by atoms with E-state index < -0.39 is 0 Å². The largest absolute Gasteiger partial charge is 0.337 e. The molecule has 3 nitrogen and oxygen atoms in total. The number of amides is 1. The fourth-order valence-electron chi connectivity index (χ4n) is 1.86. The Bertz CT molecular complexity index is 355. The van der Waals surface area contributed by atoms with Gasteiger partial charge in [-0.2, -0.15) is 0 Å². The molecule has 1 unspecified atom stereocenters. The topological polar surface area (TPSA) is 32.3 Å². The molecule has 1 aliphatic rings. The van der Waals surface area contributed by atoms with Gasteiger partial charge < -0.3 is 10.2 Å². The summed E-state index contributed by atoms with van der Waals surface area (Å²) in [4.78, 5) is 16.0. The number of likely N-dealkylation sites (N-methyl/N-ethyl adjacent to an activating group) is 1. The monoisotopic (exact) mass is 224 g/mol. The first-order chi connectivity index (χ1) is 7.18. The molecule has 1 aromatic rings. The van der Waals surface area contributed by atoms with Crippen molar-refractivity contribution < 1.29 is 4.79 Å². The van der Waals surface area contributed by atoms with Crippen LogP contribution in [0.25, 0.3) is 0 Å². The molecule has 1 fully saturated rings. The molecule has 1 N–H and O–H groups in total. The first-order valence-electron chi connectivity index (χ1n) is 5.23. The molecule has 1 amide bonds. The van der Waals surface area contributed by atoms with E-state index in [1.807, 2.05) is 31.0 Å². The Labute approximate surface area is 94.1 Å². The Morgan fingerprint density at radius 3 is 2.93 bits per heavy atom. The average molecular weight is 224 g/mol. The molecule has 1 saturated heterocycles. The maximum absolute atomic E-state index is 12.1. The van der Waals surface area contributed by atoms with Crippen LogP contribution in [-0.2, 0) is 0 Å². The highest BCUT2D eigenvalue weighted by molar-refractivity contribution is 7.13. The lowest BCUT2D eigenvalue weighted by Gasteiger charge is -2.22. The molecule has 0 aliphatic carbocycles. The molecule has 82 valence electrons. The highest BCUT2D eigenvalue weighted by Gasteiger charge is 2.24. The Morgan fingerprint density at radius 1 is 1.60 bits per heavy atom. The summed E-state index contributed by atoms with van der Waals surface area (Å²) in [7, 11) is 1.90. The summed E-state index contributed by atoms with van der Waals surface area (Å²) in [6.45, 7) is 3.97. The van der Waals surface area contributed by atoms with E-state index in [4.69, 9.17) is 0 Å². The van der Waals surface area contributed by atoms with Gasteiger partial charge in [0, 0.05) is 24.5 Å². The average Bonchev–Trinajstić information content (AvgIpc) is 2.85. The lowest BCUT2D eigenvalue weighted by atomic mass is 10.2. The number of hydrogen-bond acceptors (Lipinski definition) is 3. The van der Waals surface area contributed by atoms with Gasteiger partial charge in [0.2, 0.25) is 0 Å². The first kappa shape index (κ1) is 10.6. The van der Waals surface area contributed by atoms with Crippen LogP contribution in [0.5, 0.6) is 0 Å². The highest BCUT2D eigenvalue weighted by atomic mass is 32.1. The van der Waals surface area contributed by atoms with E-state index in [0.29, 0.717) is 6.04 Å². The molecule has 0 saturated carbocycles. The molecule has 0 spiro atoms. The predicted molar refractivity (Wildman–Crippen MR) is 62.4 cm³/mol. The standard InChI is InChI=1S/C11H16N2OS/c1-8-3-4-10(15-8)11(14)13(2)9-5-6-12-7-9/h3-4,9,12H,5-7H2,1-2H3. The summed E-state index contributed by atoms with van der Waals surface area (Å²) in [6.07, 6.45) is 1.06. The molecule has 15 heavy (non-hydrogen) atoms. The van der Waals surface area contributed by atoms with E-state index in [-0.39, 0.29) is 5.91 Å². The summed E-state index contributed by atoms with van der Waals surface area (Å²) in [6, 6.07) is 4.28. The molecule has 1 atom stereocenters. The van der Waals surface area contributed by atoms with Crippen LogP contribution in [0, 0.1) is 6.92 Å². The smallest absolute Gasteiger partial charge is 0.263 e. The fourth-order valence-corrected chi connectivity index (χ4v) is 2.71. The zero-order valence-electron chi connectivity index (χ0n) is 9.12. The molecule has 0 radical (unpaired) electrons. The van der Waals surface area contributed by atoms with Gasteiger partial charge in [0.15, 0.2) is 0 Å². The minimum Gasteiger partial charge on any atom is -0.337 e. The molecule has 2 rings (SSSR count). The van der Waals surface area contributed by atoms with Crippen LogP contribution in [0.15, 0.2) is 12.1 Å². The molecule has 1 aliphatic heterocycles. The van der Waals surface area contributed by atoms with Crippen LogP contribution < -0.4 is 5.32 Å². The Kier molecular flexibility index (Phi) is 3.07. The first-order valence-corrected chi connectivity index (χ1v) is 6.04. The third kappa shape index (κ3) is 2.21. The number of carbonyl (C=O) groups excluding carboxylic acids is 1. The van der Waals surface area contributed by atoms with E-state index in [1.54, 1.807) is 11.3 Å². The summed E-state index contributed by atoms with van der Waals surface area (Å²) < 4.78 is 0. The summed E-state index contributed by atoms with van der Waals surface area (Å²) in [5.41, 5.74) is 0. The van der Waals surface area contributed by atoms with Gasteiger partial charge in [0.25, 0.3) is 5.91 Å². The number of thiophene rings is 1. The Morgan fingerprint density at radius 2 is 2.40 bits per heavy atom. The van der Waals surface area contributed by atoms with Gasteiger partial charge >= 0.3 is 0 Å². The van der Waals surface area contributed by atoms with E-state index in [0.717, 1.165) is 24.4 Å². The van der Waals surface area contributed by atoms with Crippen LogP contribution in [0.2, 0.25) is 0 Å². The van der Waals surface area contributed by atoms with Gasteiger partial charge in [0.1, 0.15) is 0 Å². The molecule has 0 aromatic carbocycles. The fraction of sp³-hybridized carbons (Fsp3) is 0.545. The van der Waals surface area contributed by atoms with E-state index in [2.05, 4.69) is 5.32 Å². The van der Waals surface area contributed by atoms with Crippen molar-refractivity contribution >= 4 is 17.2 Å². The van der Waals surface area contributed by atoms with Gasteiger partial charge in [0.05, 0.1) is 4.88 Å². The van der Waals surface area contributed by atoms with Crippen molar-refractivity contribution in [2.75, 3.05) is 20.1 Å². The number of carbonyl (C=O) groups is 1. The highest BCUT2D eigenvalue weighted by Crippen LogP contribution is 2.18. The quantitative estimate of drug-likeness (QED) is 0.825. The second kappa shape index (κ2) is 4.33. The van der Waals surface area contributed by atoms with Gasteiger partial charge in [-0.25, -0.2) is 0 Å². The third-order valence-corrected chi connectivity index (χ3v) is 3.84. The maximum atomic E-state index is 12.1. The molecule has 0 bridgehead atoms. The van der Waals surface area contributed by atoms with Crippen molar-refractivity contribution in [2.45, 2.75) is 19.4 Å². The number of rotatable bonds is 2. The van der Waals surface area contributed by atoms with Crippen LogP contribution in [0.3, 0.4) is 0 Å². The van der Waals surface area contributed by atoms with Crippen molar-refractivity contribution in [1.29, 1.82) is 0 Å². The number of nitrogens with zero attached hydrogens (tertiary/aromatic N) is 1. The molecule has 2 heterocycles. The minimum absolute atomic E-state index is 0.154. The second-order valence-electron chi connectivity index (χ2n) is 3.97. The van der Waals surface area contributed by atoms with Crippen molar-refractivity contribution in [3.8, 4) is 0 Å². The minimum atomic E-state index is 0.154. The van der Waals surface area contributed by atoms with Gasteiger partial charge in [-0.05, 0) is 32.0 Å². The number of hydrogen-bond donors (Lipinski definition) is 1. The Balaban J connectivity index is 2.06. The number of nitrogens with one attached hydrogen (secondary N) is 1. The molecule has 4 heteroatoms. The lowest BCUT2D eigenvalue weighted by Crippen LogP contribution is -2.37. The van der Waals surface area contributed by atoms with Crippen LogP contribution >= 0.6 is 11.3 Å². The maximum Gasteiger partial charge on any atom is 0.263 e. The van der Waals surface area contributed by atoms with Crippen molar-refractivity contribution in [1.82, 2.24) is 10.2 Å². The zero-order valence-corrected chi connectivity index (χ0v) is 9.93. The number of aryl methyl sites for hydroxylation is 1. The van der Waals surface area contributed by atoms with Crippen LogP contribution in [0.4, 0.5) is 0 Å².